The molecule has 1 rings (SSSR count). The number of methoxy groups -OCH3 is 1. The number of rotatable bonds is 7. The van der Waals surface area contributed by atoms with E-state index in [2.05, 4.69) is 10.1 Å². The predicted octanol–water partition coefficient (Wildman–Crippen LogP) is 2.43. The average Bonchev–Trinajstić information content (AvgIpc) is 2.57. The average molecular weight is 419 g/mol. The van der Waals surface area contributed by atoms with E-state index in [1.54, 1.807) is 0 Å². The van der Waals surface area contributed by atoms with Gasteiger partial charge in [0.2, 0.25) is 0 Å². The first-order valence-electron chi connectivity index (χ1n) is 7.78. The fraction of sp³-hybridized carbons (Fsp3) is 0.294. The van der Waals surface area contributed by atoms with Crippen molar-refractivity contribution >= 4 is 27.8 Å². The number of halogens is 2. The van der Waals surface area contributed by atoms with Gasteiger partial charge in [0.25, 0.3) is 10.1 Å². The van der Waals surface area contributed by atoms with Crippen molar-refractivity contribution in [1.29, 1.82) is 0 Å². The Hall–Kier alpha value is -2.79. The lowest BCUT2D eigenvalue weighted by molar-refractivity contribution is -0.135. The summed E-state index contributed by atoms with van der Waals surface area (Å²) in [4.78, 5) is 23.7. The second-order valence-corrected chi connectivity index (χ2v) is 7.09. The first-order valence-corrected chi connectivity index (χ1v) is 9.39. The van der Waals surface area contributed by atoms with Gasteiger partial charge in [-0.15, -0.1) is 0 Å². The van der Waals surface area contributed by atoms with Gasteiger partial charge in [-0.1, -0.05) is 0 Å². The summed E-state index contributed by atoms with van der Waals surface area (Å²) in [6, 6.07) is 2.91. The molecule has 1 aromatic carbocycles. The van der Waals surface area contributed by atoms with Gasteiger partial charge in [0.1, 0.15) is 17.4 Å². The zero-order valence-electron chi connectivity index (χ0n) is 15.3. The lowest BCUT2D eigenvalue weighted by Gasteiger charge is -2.11. The van der Waals surface area contributed by atoms with Crippen molar-refractivity contribution in [3.05, 3.63) is 52.8 Å². The van der Waals surface area contributed by atoms with Crippen LogP contribution in [0.5, 0.6) is 0 Å². The fourth-order valence-corrected chi connectivity index (χ4v) is 2.39. The Kier molecular flexibility index (Phi) is 8.26. The van der Waals surface area contributed by atoms with Crippen LogP contribution in [0.2, 0.25) is 0 Å². The summed E-state index contributed by atoms with van der Waals surface area (Å²) in [6.07, 6.45) is 0.115. The van der Waals surface area contributed by atoms with E-state index in [1.165, 1.54) is 26.0 Å². The van der Waals surface area contributed by atoms with Crippen molar-refractivity contribution in [2.75, 3.05) is 19.4 Å². The van der Waals surface area contributed by atoms with Crippen molar-refractivity contribution in [1.82, 2.24) is 5.32 Å². The van der Waals surface area contributed by atoms with Crippen LogP contribution in [0.15, 0.2) is 35.6 Å². The molecule has 8 nitrogen and oxygen atoms in total. The van der Waals surface area contributed by atoms with E-state index in [0.717, 1.165) is 13.2 Å². The zero-order chi connectivity index (χ0) is 21.5. The molecule has 2 N–H and O–H groups in total. The van der Waals surface area contributed by atoms with Crippen molar-refractivity contribution in [3.63, 3.8) is 0 Å². The summed E-state index contributed by atoms with van der Waals surface area (Å²) < 4.78 is 66.3. The molecule has 0 saturated heterocycles. The summed E-state index contributed by atoms with van der Waals surface area (Å²) in [5.41, 5.74) is 0.0366. The van der Waals surface area contributed by atoms with Crippen LogP contribution in [0.4, 0.5) is 13.6 Å². The topological polar surface area (TPSA) is 119 Å². The minimum atomic E-state index is -4.26. The number of carbonyl (C=O) groups excluding carboxylic acids is 2. The van der Waals surface area contributed by atoms with E-state index in [0.29, 0.717) is 6.07 Å². The van der Waals surface area contributed by atoms with E-state index in [4.69, 9.17) is 9.29 Å². The number of hydrogen-bond donors (Lipinski definition) is 2. The molecule has 0 heterocycles. The Morgan fingerprint density at radius 3 is 2.43 bits per heavy atom. The number of esters is 1. The first-order chi connectivity index (χ1) is 12.9. The van der Waals surface area contributed by atoms with E-state index in [-0.39, 0.29) is 22.5 Å². The lowest BCUT2D eigenvalue weighted by Crippen LogP contribution is -2.29. The van der Waals surface area contributed by atoms with Gasteiger partial charge in [-0.05, 0) is 37.6 Å². The Bertz CT molecular complexity index is 923. The number of hydrogen-bond acceptors (Lipinski definition) is 6. The van der Waals surface area contributed by atoms with E-state index in [1.807, 2.05) is 0 Å². The molecule has 1 amide bonds. The van der Waals surface area contributed by atoms with Crippen molar-refractivity contribution in [2.45, 2.75) is 13.8 Å². The Morgan fingerprint density at radius 1 is 1.25 bits per heavy atom. The molecule has 0 spiro atoms. The minimum Gasteiger partial charge on any atom is -0.465 e. The largest absolute Gasteiger partial charge is 0.465 e. The van der Waals surface area contributed by atoms with Gasteiger partial charge in [-0.25, -0.2) is 18.4 Å². The quantitative estimate of drug-likeness (QED) is 0.229. The molecule has 0 saturated carbocycles. The third-order valence-electron chi connectivity index (χ3n) is 3.38. The molecule has 11 heteroatoms. The second-order valence-electron chi connectivity index (χ2n) is 5.52. The SMILES string of the molecule is COC(=O)C(C=C(C)c1ccc(F)cc1F)=C(C)OC(=O)NCCS(=O)(=O)O. The lowest BCUT2D eigenvalue weighted by atomic mass is 10.0. The molecule has 0 unspecified atom stereocenters. The Labute approximate surface area is 160 Å². The maximum absolute atomic E-state index is 13.9. The normalized spacial score (nSPS) is 12.9. The highest BCUT2D eigenvalue weighted by atomic mass is 32.2. The van der Waals surface area contributed by atoms with Crippen LogP contribution < -0.4 is 5.32 Å². The summed E-state index contributed by atoms with van der Waals surface area (Å²) in [5, 5.41) is 2.07. The molecular formula is C17H19F2NO7S. The first kappa shape index (κ1) is 23.2. The van der Waals surface area contributed by atoms with Crippen LogP contribution >= 0.6 is 0 Å². The zero-order valence-corrected chi connectivity index (χ0v) is 16.1. The molecule has 0 aromatic heterocycles. The maximum Gasteiger partial charge on any atom is 0.412 e. The van der Waals surface area contributed by atoms with Gasteiger partial charge < -0.3 is 14.8 Å². The Balaban J connectivity index is 3.08. The predicted molar refractivity (Wildman–Crippen MR) is 95.6 cm³/mol. The second kappa shape index (κ2) is 9.95. The molecule has 0 aliphatic carbocycles. The minimum absolute atomic E-state index is 0.0215. The van der Waals surface area contributed by atoms with Crippen LogP contribution in [0, 0.1) is 11.6 Å². The number of alkyl carbamates (subject to hydrolysis) is 1. The molecule has 28 heavy (non-hydrogen) atoms. The highest BCUT2D eigenvalue weighted by Crippen LogP contribution is 2.22. The van der Waals surface area contributed by atoms with Gasteiger partial charge in [0, 0.05) is 18.2 Å². The van der Waals surface area contributed by atoms with Crippen molar-refractivity contribution < 1.29 is 40.8 Å². The highest BCUT2D eigenvalue weighted by molar-refractivity contribution is 7.85. The van der Waals surface area contributed by atoms with Crippen LogP contribution in [-0.2, 0) is 24.4 Å². The smallest absolute Gasteiger partial charge is 0.412 e. The van der Waals surface area contributed by atoms with Gasteiger partial charge in [-0.3, -0.25) is 4.55 Å². The number of nitrogens with one attached hydrogen (secondary N) is 1. The monoisotopic (exact) mass is 419 g/mol. The molecule has 0 fully saturated rings. The molecule has 0 aliphatic heterocycles. The van der Waals surface area contributed by atoms with Gasteiger partial charge in [0.15, 0.2) is 0 Å². The number of carbonyl (C=O) groups is 2. The summed E-state index contributed by atoms with van der Waals surface area (Å²) in [6.45, 7) is 2.30. The molecule has 0 aliphatic rings. The number of amides is 1. The molecule has 0 radical (unpaired) electrons. The third kappa shape index (κ3) is 7.45. The summed E-state index contributed by atoms with van der Waals surface area (Å²) in [7, 11) is -3.18. The van der Waals surface area contributed by atoms with Crippen molar-refractivity contribution in [3.8, 4) is 0 Å². The van der Waals surface area contributed by atoms with Crippen LogP contribution in [-0.4, -0.2) is 44.4 Å². The molecular weight excluding hydrogens is 400 g/mol. The number of allylic oxidation sites excluding steroid dienone is 2. The van der Waals surface area contributed by atoms with Gasteiger partial charge >= 0.3 is 12.1 Å². The molecule has 0 bridgehead atoms. The highest BCUT2D eigenvalue weighted by Gasteiger charge is 2.17. The molecule has 0 atom stereocenters. The summed E-state index contributed by atoms with van der Waals surface area (Å²) in [5.74, 6) is -3.43. The number of benzene rings is 1. The summed E-state index contributed by atoms with van der Waals surface area (Å²) >= 11 is 0. The standard InChI is InChI=1S/C17H19F2NO7S/c1-10(13-5-4-12(18)9-15(13)19)8-14(16(21)26-3)11(2)27-17(22)20-6-7-28(23,24)25/h4-5,8-9H,6-7H2,1-3H3,(H,20,22)(H,23,24,25). The van der Waals surface area contributed by atoms with Gasteiger partial charge in [0.05, 0.1) is 18.4 Å². The van der Waals surface area contributed by atoms with Crippen molar-refractivity contribution in [2.24, 2.45) is 0 Å². The molecule has 154 valence electrons. The van der Waals surface area contributed by atoms with E-state index >= 15 is 0 Å². The van der Waals surface area contributed by atoms with Crippen LogP contribution in [0.25, 0.3) is 5.57 Å². The molecule has 1 aromatic rings. The third-order valence-corrected chi connectivity index (χ3v) is 4.10. The Morgan fingerprint density at radius 2 is 1.89 bits per heavy atom. The van der Waals surface area contributed by atoms with Crippen LogP contribution in [0.1, 0.15) is 19.4 Å². The van der Waals surface area contributed by atoms with Crippen LogP contribution in [0.3, 0.4) is 0 Å². The van der Waals surface area contributed by atoms with E-state index < -0.39 is 46.1 Å². The van der Waals surface area contributed by atoms with E-state index in [9.17, 15) is 26.8 Å². The maximum atomic E-state index is 13.9. The van der Waals surface area contributed by atoms with Gasteiger partial charge in [-0.2, -0.15) is 8.42 Å². The number of ether oxygens (including phenoxy) is 2. The fourth-order valence-electron chi connectivity index (χ4n) is 2.03.